The summed E-state index contributed by atoms with van der Waals surface area (Å²) in [5.74, 6) is -1.17. The van der Waals surface area contributed by atoms with Gasteiger partial charge in [0.15, 0.2) is 6.61 Å². The molecule has 1 saturated heterocycles. The van der Waals surface area contributed by atoms with Crippen molar-refractivity contribution in [2.45, 2.75) is 25.7 Å². The predicted octanol–water partition coefficient (Wildman–Crippen LogP) is 2.61. The van der Waals surface area contributed by atoms with Crippen molar-refractivity contribution in [3.63, 3.8) is 0 Å². The average Bonchev–Trinajstić information content (AvgIpc) is 2.76. The van der Waals surface area contributed by atoms with Crippen LogP contribution < -0.4 is 0 Å². The SMILES string of the molecule is O=C(OCC(=O)N1CCCCCC1)c1cc(Cl)ccc1O. The van der Waals surface area contributed by atoms with E-state index in [-0.39, 0.29) is 23.8 Å². The highest BCUT2D eigenvalue weighted by molar-refractivity contribution is 6.31. The molecule has 1 fully saturated rings. The van der Waals surface area contributed by atoms with Crippen molar-refractivity contribution in [2.24, 2.45) is 0 Å². The summed E-state index contributed by atoms with van der Waals surface area (Å²) < 4.78 is 4.97. The van der Waals surface area contributed by atoms with Gasteiger partial charge < -0.3 is 14.7 Å². The second-order valence-electron chi connectivity index (χ2n) is 5.03. The zero-order valence-corrected chi connectivity index (χ0v) is 12.4. The number of likely N-dealkylation sites (tertiary alicyclic amines) is 1. The van der Waals surface area contributed by atoms with Crippen molar-refractivity contribution in [1.82, 2.24) is 4.90 Å². The van der Waals surface area contributed by atoms with Gasteiger partial charge in [0.2, 0.25) is 0 Å². The Morgan fingerprint density at radius 1 is 1.19 bits per heavy atom. The number of benzene rings is 1. The van der Waals surface area contributed by atoms with Crippen molar-refractivity contribution < 1.29 is 19.4 Å². The largest absolute Gasteiger partial charge is 0.507 e. The minimum Gasteiger partial charge on any atom is -0.507 e. The average molecular weight is 312 g/mol. The summed E-state index contributed by atoms with van der Waals surface area (Å²) in [7, 11) is 0. The Labute approximate surface area is 128 Å². The van der Waals surface area contributed by atoms with Crippen molar-refractivity contribution in [1.29, 1.82) is 0 Å². The standard InChI is InChI=1S/C15H18ClNO4/c16-11-5-6-13(18)12(9-11)15(20)21-10-14(19)17-7-3-1-2-4-8-17/h5-6,9,18H,1-4,7-8,10H2. The van der Waals surface area contributed by atoms with Crippen LogP contribution in [0.25, 0.3) is 0 Å². The van der Waals surface area contributed by atoms with Gasteiger partial charge in [-0.25, -0.2) is 4.79 Å². The molecule has 1 aliphatic heterocycles. The minimum atomic E-state index is -0.752. The molecule has 1 aromatic carbocycles. The van der Waals surface area contributed by atoms with Crippen LogP contribution in [0.4, 0.5) is 0 Å². The number of carbonyl (C=O) groups excluding carboxylic acids is 2. The fraction of sp³-hybridized carbons (Fsp3) is 0.467. The molecule has 1 aromatic rings. The molecular formula is C15H18ClNO4. The van der Waals surface area contributed by atoms with Gasteiger partial charge in [0, 0.05) is 18.1 Å². The van der Waals surface area contributed by atoms with E-state index >= 15 is 0 Å². The van der Waals surface area contributed by atoms with E-state index in [0.717, 1.165) is 25.7 Å². The van der Waals surface area contributed by atoms with E-state index in [1.165, 1.54) is 18.2 Å². The fourth-order valence-electron chi connectivity index (χ4n) is 2.29. The third-order valence-corrected chi connectivity index (χ3v) is 3.70. The van der Waals surface area contributed by atoms with E-state index in [4.69, 9.17) is 16.3 Å². The van der Waals surface area contributed by atoms with Crippen molar-refractivity contribution in [3.05, 3.63) is 28.8 Å². The first-order valence-electron chi connectivity index (χ1n) is 7.01. The molecule has 1 aliphatic rings. The third kappa shape index (κ3) is 4.36. The number of ether oxygens (including phenoxy) is 1. The monoisotopic (exact) mass is 311 g/mol. The molecule has 114 valence electrons. The highest BCUT2D eigenvalue weighted by Crippen LogP contribution is 2.22. The summed E-state index contributed by atoms with van der Waals surface area (Å²) >= 11 is 5.77. The zero-order valence-electron chi connectivity index (χ0n) is 11.7. The lowest BCUT2D eigenvalue weighted by molar-refractivity contribution is -0.134. The first kappa shape index (κ1) is 15.6. The number of rotatable bonds is 3. The summed E-state index contributed by atoms with van der Waals surface area (Å²) in [6, 6.07) is 4.10. The second-order valence-corrected chi connectivity index (χ2v) is 5.47. The van der Waals surface area contributed by atoms with E-state index < -0.39 is 5.97 Å². The Hall–Kier alpha value is -1.75. The van der Waals surface area contributed by atoms with E-state index in [1.54, 1.807) is 4.90 Å². The van der Waals surface area contributed by atoms with Crippen LogP contribution in [0.1, 0.15) is 36.0 Å². The Balaban J connectivity index is 1.91. The van der Waals surface area contributed by atoms with Crippen LogP contribution in [0.5, 0.6) is 5.75 Å². The molecule has 0 spiro atoms. The lowest BCUT2D eigenvalue weighted by atomic mass is 10.2. The summed E-state index contributed by atoms with van der Waals surface area (Å²) in [5.41, 5.74) is -0.0360. The maximum absolute atomic E-state index is 12.0. The quantitative estimate of drug-likeness (QED) is 0.871. The van der Waals surface area contributed by atoms with E-state index in [9.17, 15) is 14.7 Å². The van der Waals surface area contributed by atoms with Gasteiger partial charge in [0.1, 0.15) is 11.3 Å². The first-order chi connectivity index (χ1) is 10.1. The highest BCUT2D eigenvalue weighted by Gasteiger charge is 2.19. The van der Waals surface area contributed by atoms with Crippen LogP contribution in [0, 0.1) is 0 Å². The number of hydrogen-bond acceptors (Lipinski definition) is 4. The first-order valence-corrected chi connectivity index (χ1v) is 7.39. The number of aromatic hydroxyl groups is 1. The van der Waals surface area contributed by atoms with Gasteiger partial charge in [-0.05, 0) is 31.0 Å². The predicted molar refractivity (Wildman–Crippen MR) is 78.4 cm³/mol. The van der Waals surface area contributed by atoms with Crippen LogP contribution in [0.3, 0.4) is 0 Å². The molecule has 0 unspecified atom stereocenters. The van der Waals surface area contributed by atoms with Crippen LogP contribution in [-0.2, 0) is 9.53 Å². The van der Waals surface area contributed by atoms with Crippen molar-refractivity contribution in [3.8, 4) is 5.75 Å². The number of halogens is 1. The summed E-state index contributed by atoms with van der Waals surface area (Å²) in [6.45, 7) is 1.10. The molecule has 21 heavy (non-hydrogen) atoms. The number of amides is 1. The van der Waals surface area contributed by atoms with Gasteiger partial charge in [-0.1, -0.05) is 24.4 Å². The summed E-state index contributed by atoms with van der Waals surface area (Å²) in [4.78, 5) is 25.6. The molecule has 5 nitrogen and oxygen atoms in total. The molecular weight excluding hydrogens is 294 g/mol. The summed E-state index contributed by atoms with van der Waals surface area (Å²) in [6.07, 6.45) is 4.21. The molecule has 1 N–H and O–H groups in total. The van der Waals surface area contributed by atoms with E-state index in [1.807, 2.05) is 0 Å². The molecule has 0 radical (unpaired) electrons. The minimum absolute atomic E-state index is 0.0360. The van der Waals surface area contributed by atoms with Gasteiger partial charge in [0.25, 0.3) is 5.91 Å². The van der Waals surface area contributed by atoms with Crippen LogP contribution in [0.2, 0.25) is 5.02 Å². The highest BCUT2D eigenvalue weighted by atomic mass is 35.5. The molecule has 0 atom stereocenters. The van der Waals surface area contributed by atoms with Gasteiger partial charge in [-0.2, -0.15) is 0 Å². The normalized spacial score (nSPS) is 15.4. The van der Waals surface area contributed by atoms with Gasteiger partial charge in [-0.3, -0.25) is 4.79 Å². The topological polar surface area (TPSA) is 66.8 Å². The van der Waals surface area contributed by atoms with E-state index in [2.05, 4.69) is 0 Å². The molecule has 2 rings (SSSR count). The summed E-state index contributed by atoms with van der Waals surface area (Å²) in [5, 5.41) is 9.92. The van der Waals surface area contributed by atoms with E-state index in [0.29, 0.717) is 18.1 Å². The van der Waals surface area contributed by atoms with Crippen LogP contribution in [-0.4, -0.2) is 41.6 Å². The van der Waals surface area contributed by atoms with Gasteiger partial charge >= 0.3 is 5.97 Å². The second kappa shape index (κ2) is 7.31. The Morgan fingerprint density at radius 2 is 1.86 bits per heavy atom. The number of esters is 1. The Kier molecular flexibility index (Phi) is 5.44. The molecule has 0 saturated carbocycles. The Bertz CT molecular complexity index is 524. The maximum atomic E-state index is 12.0. The smallest absolute Gasteiger partial charge is 0.342 e. The molecule has 0 aromatic heterocycles. The molecule has 0 aliphatic carbocycles. The van der Waals surface area contributed by atoms with Gasteiger partial charge in [-0.15, -0.1) is 0 Å². The molecule has 1 heterocycles. The fourth-order valence-corrected chi connectivity index (χ4v) is 2.46. The molecule has 0 bridgehead atoms. The maximum Gasteiger partial charge on any atom is 0.342 e. The molecule has 1 amide bonds. The third-order valence-electron chi connectivity index (χ3n) is 3.46. The number of hydrogen-bond donors (Lipinski definition) is 1. The lowest BCUT2D eigenvalue weighted by Crippen LogP contribution is -2.35. The van der Waals surface area contributed by atoms with Crippen molar-refractivity contribution >= 4 is 23.5 Å². The van der Waals surface area contributed by atoms with Crippen molar-refractivity contribution in [2.75, 3.05) is 19.7 Å². The van der Waals surface area contributed by atoms with Crippen LogP contribution in [0.15, 0.2) is 18.2 Å². The lowest BCUT2D eigenvalue weighted by Gasteiger charge is -2.20. The number of nitrogens with zero attached hydrogens (tertiary/aromatic N) is 1. The number of phenolic OH excluding ortho intramolecular Hbond substituents is 1. The zero-order chi connectivity index (χ0) is 15.2. The number of phenols is 1. The number of carbonyl (C=O) groups is 2. The molecule has 6 heteroatoms. The Morgan fingerprint density at radius 3 is 2.52 bits per heavy atom. The van der Waals surface area contributed by atoms with Crippen LogP contribution >= 0.6 is 11.6 Å². The van der Waals surface area contributed by atoms with Gasteiger partial charge in [0.05, 0.1) is 0 Å².